The van der Waals surface area contributed by atoms with Gasteiger partial charge in [-0.2, -0.15) is 0 Å². The van der Waals surface area contributed by atoms with Gasteiger partial charge in [0.05, 0.1) is 0 Å². The van der Waals surface area contributed by atoms with Crippen molar-refractivity contribution in [1.29, 1.82) is 0 Å². The molecule has 3 nitrogen and oxygen atoms in total. The molecule has 0 aliphatic carbocycles. The van der Waals surface area contributed by atoms with Gasteiger partial charge in [-0.15, -0.1) is 0 Å². The van der Waals surface area contributed by atoms with E-state index in [9.17, 15) is 0 Å². The summed E-state index contributed by atoms with van der Waals surface area (Å²) in [4.78, 5) is 3.44. The van der Waals surface area contributed by atoms with Gasteiger partial charge in [-0.05, 0) is 42.5 Å². The summed E-state index contributed by atoms with van der Waals surface area (Å²) in [7, 11) is 5.10. The zero-order valence-electron chi connectivity index (χ0n) is 11.8. The van der Waals surface area contributed by atoms with Gasteiger partial charge >= 0.3 is 0 Å². The van der Waals surface area contributed by atoms with Crippen LogP contribution in [-0.2, 0) is 6.42 Å². The maximum atomic E-state index is 6.10. The maximum Gasteiger partial charge on any atom is 0.259 e. The van der Waals surface area contributed by atoms with E-state index in [1.54, 1.807) is 6.08 Å². The molecular formula is C15H22BN3. The second-order valence-electron chi connectivity index (χ2n) is 4.64. The molecule has 0 spiro atoms. The summed E-state index contributed by atoms with van der Waals surface area (Å²) in [6.07, 6.45) is 5.13. The van der Waals surface area contributed by atoms with Gasteiger partial charge in [0.1, 0.15) is 0 Å². The lowest BCUT2D eigenvalue weighted by molar-refractivity contribution is 0.720. The number of rotatable bonds is 6. The van der Waals surface area contributed by atoms with Crippen molar-refractivity contribution < 1.29 is 0 Å². The smallest absolute Gasteiger partial charge is 0.259 e. The van der Waals surface area contributed by atoms with Gasteiger partial charge in [0.2, 0.25) is 0 Å². The predicted molar refractivity (Wildman–Crippen MR) is 84.3 cm³/mol. The molecule has 1 aromatic rings. The van der Waals surface area contributed by atoms with E-state index in [4.69, 9.17) is 19.4 Å². The Balaban J connectivity index is 3.30. The molecule has 1 unspecified atom stereocenters. The highest BCUT2D eigenvalue weighted by Crippen LogP contribution is 2.27. The largest absolute Gasteiger partial charge is 0.398 e. The summed E-state index contributed by atoms with van der Waals surface area (Å²) in [5, 5.41) is 0. The van der Waals surface area contributed by atoms with Crippen molar-refractivity contribution in [2.75, 3.05) is 6.54 Å². The average molecular weight is 255 g/mol. The van der Waals surface area contributed by atoms with E-state index in [1.807, 2.05) is 12.1 Å². The van der Waals surface area contributed by atoms with Crippen molar-refractivity contribution in [3.8, 4) is 0 Å². The molecule has 0 aliphatic rings. The zero-order valence-corrected chi connectivity index (χ0v) is 11.8. The van der Waals surface area contributed by atoms with Gasteiger partial charge in [-0.3, -0.25) is 0 Å². The van der Waals surface area contributed by atoms with E-state index >= 15 is 0 Å². The van der Waals surface area contributed by atoms with E-state index < -0.39 is 0 Å². The van der Waals surface area contributed by atoms with Crippen molar-refractivity contribution in [3.05, 3.63) is 41.0 Å². The molecule has 4 N–H and O–H groups in total. The third kappa shape index (κ3) is 3.96. The predicted octanol–water partition coefficient (Wildman–Crippen LogP) is 2.16. The lowest BCUT2D eigenvalue weighted by Crippen LogP contribution is -2.11. The Labute approximate surface area is 117 Å². The van der Waals surface area contributed by atoms with Gasteiger partial charge < -0.3 is 16.4 Å². The molecule has 2 radical (unpaired) electrons. The van der Waals surface area contributed by atoms with Gasteiger partial charge in [-0.25, -0.2) is 0 Å². The fourth-order valence-corrected chi connectivity index (χ4v) is 2.19. The first-order valence-corrected chi connectivity index (χ1v) is 6.66. The van der Waals surface area contributed by atoms with Gasteiger partial charge in [0.15, 0.2) is 0 Å². The topological polar surface area (TPSA) is 64.4 Å². The average Bonchev–Trinajstić information content (AvgIpc) is 2.44. The minimum atomic E-state index is 0.498. The second kappa shape index (κ2) is 7.79. The molecule has 0 aromatic heterocycles. The third-order valence-corrected chi connectivity index (χ3v) is 3.40. The number of nitrogens with zero attached hydrogens (tertiary/aromatic N) is 1. The molecule has 0 aliphatic heterocycles. The zero-order chi connectivity index (χ0) is 14.3. The third-order valence-electron chi connectivity index (χ3n) is 3.40. The Morgan fingerprint density at radius 2 is 2.21 bits per heavy atom. The molecule has 0 bridgehead atoms. The van der Waals surface area contributed by atoms with Crippen molar-refractivity contribution >= 4 is 19.9 Å². The molecule has 0 fully saturated rings. The normalized spacial score (nSPS) is 13.9. The molecule has 19 heavy (non-hydrogen) atoms. The van der Waals surface area contributed by atoms with E-state index in [0.717, 1.165) is 18.4 Å². The summed E-state index contributed by atoms with van der Waals surface area (Å²) in [6, 6.07) is 6.22. The van der Waals surface area contributed by atoms with Crippen LogP contribution >= 0.6 is 0 Å². The van der Waals surface area contributed by atoms with Gasteiger partial charge in [-0.1, -0.05) is 32.0 Å². The first-order valence-electron chi connectivity index (χ1n) is 6.66. The van der Waals surface area contributed by atoms with Crippen LogP contribution < -0.4 is 11.5 Å². The molecule has 0 saturated carbocycles. The van der Waals surface area contributed by atoms with Gasteiger partial charge in [0, 0.05) is 17.5 Å². The van der Waals surface area contributed by atoms with E-state index in [2.05, 4.69) is 24.8 Å². The van der Waals surface area contributed by atoms with Crippen molar-refractivity contribution in [2.24, 2.45) is 16.4 Å². The fraction of sp³-hybridized carbons (Fsp3) is 0.400. The quantitative estimate of drug-likeness (QED) is 0.604. The molecule has 0 heterocycles. The minimum Gasteiger partial charge on any atom is -0.398 e. The van der Waals surface area contributed by atoms with Crippen LogP contribution in [0, 0.1) is 0 Å². The minimum absolute atomic E-state index is 0.498. The van der Waals surface area contributed by atoms with Crippen LogP contribution in [0.2, 0.25) is 0 Å². The van der Waals surface area contributed by atoms with Crippen LogP contribution in [0.15, 0.2) is 29.2 Å². The molecule has 0 amide bonds. The van der Waals surface area contributed by atoms with Crippen LogP contribution in [-0.4, -0.2) is 20.7 Å². The SMILES string of the molecule is [B]N=CC=C(N)c1cccc(C(C)CC)c1CCN. The molecule has 1 atom stereocenters. The van der Waals surface area contributed by atoms with Crippen molar-refractivity contribution in [3.63, 3.8) is 0 Å². The number of hydrogen-bond donors (Lipinski definition) is 2. The summed E-state index contributed by atoms with van der Waals surface area (Å²) in [6.45, 7) is 5.02. The van der Waals surface area contributed by atoms with Crippen LogP contribution in [0.3, 0.4) is 0 Å². The first-order chi connectivity index (χ1) is 9.15. The highest BCUT2D eigenvalue weighted by atomic mass is 14.6. The Bertz CT molecular complexity index is 466. The molecular weight excluding hydrogens is 233 g/mol. The highest BCUT2D eigenvalue weighted by molar-refractivity contribution is 6.10. The monoisotopic (exact) mass is 255 g/mol. The Kier molecular flexibility index (Phi) is 6.36. The van der Waals surface area contributed by atoms with Crippen molar-refractivity contribution in [1.82, 2.24) is 0 Å². The summed E-state index contributed by atoms with van der Waals surface area (Å²) in [5.41, 5.74) is 16.1. The number of hydrogen-bond acceptors (Lipinski definition) is 3. The molecule has 1 rings (SSSR count). The Morgan fingerprint density at radius 1 is 1.47 bits per heavy atom. The summed E-state index contributed by atoms with van der Waals surface area (Å²) < 4.78 is 0. The highest BCUT2D eigenvalue weighted by Gasteiger charge is 2.13. The van der Waals surface area contributed by atoms with Crippen LogP contribution in [0.5, 0.6) is 0 Å². The lowest BCUT2D eigenvalue weighted by atomic mass is 9.88. The van der Waals surface area contributed by atoms with E-state index in [0.29, 0.717) is 18.2 Å². The molecule has 100 valence electrons. The lowest BCUT2D eigenvalue weighted by Gasteiger charge is -2.18. The molecule has 1 aromatic carbocycles. The standard InChI is InChI=1S/C15H22BN3/c1-3-11(2)12-5-4-6-14(13(12)7-9-17)15(18)8-10-19-16/h4-6,8,10-11H,3,7,9,17-18H2,1-2H3. The Morgan fingerprint density at radius 3 is 2.79 bits per heavy atom. The van der Waals surface area contributed by atoms with Gasteiger partial charge in [0.25, 0.3) is 7.98 Å². The molecule has 0 saturated heterocycles. The van der Waals surface area contributed by atoms with Crippen LogP contribution in [0.4, 0.5) is 0 Å². The molecule has 4 heteroatoms. The number of benzene rings is 1. The fourth-order valence-electron chi connectivity index (χ4n) is 2.19. The van der Waals surface area contributed by atoms with Crippen LogP contribution in [0.1, 0.15) is 42.9 Å². The summed E-state index contributed by atoms with van der Waals surface area (Å²) >= 11 is 0. The number of nitrogens with two attached hydrogens (primary N) is 2. The first kappa shape index (κ1) is 15.5. The van der Waals surface area contributed by atoms with E-state index in [-0.39, 0.29) is 0 Å². The Hall–Kier alpha value is -1.55. The summed E-state index contributed by atoms with van der Waals surface area (Å²) in [5.74, 6) is 0.498. The number of allylic oxidation sites excluding steroid dienone is 1. The maximum absolute atomic E-state index is 6.10. The second-order valence-corrected chi connectivity index (χ2v) is 4.64. The van der Waals surface area contributed by atoms with Crippen LogP contribution in [0.25, 0.3) is 5.70 Å². The van der Waals surface area contributed by atoms with Crippen molar-refractivity contribution in [2.45, 2.75) is 32.6 Å². The van der Waals surface area contributed by atoms with E-state index in [1.165, 1.54) is 17.3 Å².